The fourth-order valence-corrected chi connectivity index (χ4v) is 4.38. The van der Waals surface area contributed by atoms with Gasteiger partial charge in [0, 0.05) is 30.3 Å². The van der Waals surface area contributed by atoms with Crippen molar-refractivity contribution in [3.05, 3.63) is 53.6 Å². The van der Waals surface area contributed by atoms with E-state index in [0.29, 0.717) is 24.7 Å². The molecule has 0 unspecified atom stereocenters. The highest BCUT2D eigenvalue weighted by Gasteiger charge is 2.27. The van der Waals surface area contributed by atoms with Crippen LogP contribution in [-0.2, 0) is 14.8 Å². The molecule has 0 radical (unpaired) electrons. The number of hydrazine groups is 1. The van der Waals surface area contributed by atoms with Crippen molar-refractivity contribution < 1.29 is 32.2 Å². The Morgan fingerprint density at radius 1 is 0.903 bits per heavy atom. The van der Waals surface area contributed by atoms with Gasteiger partial charge in [0.05, 0.1) is 32.3 Å². The summed E-state index contributed by atoms with van der Waals surface area (Å²) in [6.07, 6.45) is 0. The number of nitrogens with zero attached hydrogens (tertiary/aromatic N) is 1. The maximum absolute atomic E-state index is 12.8. The number of hydrogen-bond acceptors (Lipinski definition) is 7. The van der Waals surface area contributed by atoms with Crippen molar-refractivity contribution in [3.8, 4) is 11.5 Å². The van der Waals surface area contributed by atoms with E-state index >= 15 is 0 Å². The number of carbonyl (C=O) groups is 2. The molecule has 0 spiro atoms. The van der Waals surface area contributed by atoms with Crippen molar-refractivity contribution in [2.24, 2.45) is 0 Å². The first-order valence-electron chi connectivity index (χ1n) is 9.37. The van der Waals surface area contributed by atoms with Crippen LogP contribution < -0.4 is 20.3 Å². The summed E-state index contributed by atoms with van der Waals surface area (Å²) in [4.78, 5) is 24.9. The van der Waals surface area contributed by atoms with Crippen LogP contribution in [0.1, 0.15) is 20.7 Å². The predicted octanol–water partition coefficient (Wildman–Crippen LogP) is 0.800. The number of rotatable bonds is 6. The quantitative estimate of drug-likeness (QED) is 0.625. The average Bonchev–Trinajstić information content (AvgIpc) is 2.82. The number of hydrogen-bond donors (Lipinski definition) is 2. The molecule has 2 aromatic rings. The molecule has 2 aromatic carbocycles. The molecule has 11 heteroatoms. The van der Waals surface area contributed by atoms with E-state index in [1.165, 1.54) is 54.9 Å². The van der Waals surface area contributed by atoms with Crippen LogP contribution in [0.4, 0.5) is 0 Å². The largest absolute Gasteiger partial charge is 0.497 e. The minimum atomic E-state index is -3.75. The molecule has 0 aromatic heterocycles. The van der Waals surface area contributed by atoms with Crippen molar-refractivity contribution >= 4 is 21.8 Å². The monoisotopic (exact) mass is 449 g/mol. The van der Waals surface area contributed by atoms with Gasteiger partial charge in [0.25, 0.3) is 11.8 Å². The molecule has 1 saturated heterocycles. The molecule has 0 saturated carbocycles. The topological polar surface area (TPSA) is 123 Å². The highest BCUT2D eigenvalue weighted by molar-refractivity contribution is 7.89. The van der Waals surface area contributed by atoms with Crippen molar-refractivity contribution in [2.75, 3.05) is 40.5 Å². The summed E-state index contributed by atoms with van der Waals surface area (Å²) in [7, 11) is -0.840. The number of benzene rings is 2. The molecular weight excluding hydrogens is 426 g/mol. The summed E-state index contributed by atoms with van der Waals surface area (Å²) in [6, 6.07) is 10.2. The van der Waals surface area contributed by atoms with Gasteiger partial charge in [-0.2, -0.15) is 4.31 Å². The molecule has 1 aliphatic heterocycles. The zero-order chi connectivity index (χ0) is 22.4. The zero-order valence-corrected chi connectivity index (χ0v) is 17.9. The molecule has 0 aliphatic carbocycles. The van der Waals surface area contributed by atoms with Crippen LogP contribution in [0, 0.1) is 0 Å². The lowest BCUT2D eigenvalue weighted by molar-refractivity contribution is 0.0730. The smallest absolute Gasteiger partial charge is 0.269 e. The Kier molecular flexibility index (Phi) is 7.10. The molecular formula is C20H23N3O7S. The second kappa shape index (κ2) is 9.77. The van der Waals surface area contributed by atoms with Crippen molar-refractivity contribution in [2.45, 2.75) is 4.90 Å². The second-order valence-electron chi connectivity index (χ2n) is 6.55. The van der Waals surface area contributed by atoms with Gasteiger partial charge in [-0.3, -0.25) is 20.4 Å². The molecule has 1 heterocycles. The number of ether oxygens (including phenoxy) is 3. The maximum atomic E-state index is 12.8. The van der Waals surface area contributed by atoms with Crippen LogP contribution in [0.3, 0.4) is 0 Å². The summed E-state index contributed by atoms with van der Waals surface area (Å²) >= 11 is 0. The SMILES string of the molecule is COc1cc(OC)cc(C(=O)NNC(=O)c2cccc(S(=O)(=O)N3CCOCC3)c2)c1. The van der Waals surface area contributed by atoms with E-state index in [4.69, 9.17) is 14.2 Å². The third kappa shape index (κ3) is 5.32. The lowest BCUT2D eigenvalue weighted by atomic mass is 10.2. The molecule has 2 N–H and O–H groups in total. The summed E-state index contributed by atoms with van der Waals surface area (Å²) in [5.74, 6) is -0.432. The van der Waals surface area contributed by atoms with E-state index in [-0.39, 0.29) is 29.1 Å². The normalized spacial score (nSPS) is 14.5. The van der Waals surface area contributed by atoms with E-state index in [1.807, 2.05) is 0 Å². The van der Waals surface area contributed by atoms with Gasteiger partial charge in [-0.05, 0) is 30.3 Å². The van der Waals surface area contributed by atoms with Gasteiger partial charge >= 0.3 is 0 Å². The second-order valence-corrected chi connectivity index (χ2v) is 8.49. The third-order valence-corrected chi connectivity index (χ3v) is 6.50. The molecule has 166 valence electrons. The number of nitrogens with one attached hydrogen (secondary N) is 2. The van der Waals surface area contributed by atoms with Gasteiger partial charge in [0.15, 0.2) is 0 Å². The van der Waals surface area contributed by atoms with Gasteiger partial charge in [0.1, 0.15) is 11.5 Å². The fourth-order valence-electron chi connectivity index (χ4n) is 2.93. The molecule has 31 heavy (non-hydrogen) atoms. The van der Waals surface area contributed by atoms with Gasteiger partial charge in [-0.1, -0.05) is 6.07 Å². The van der Waals surface area contributed by atoms with E-state index in [1.54, 1.807) is 6.07 Å². The molecule has 10 nitrogen and oxygen atoms in total. The van der Waals surface area contributed by atoms with Crippen LogP contribution in [-0.4, -0.2) is 65.1 Å². The first-order valence-corrected chi connectivity index (χ1v) is 10.8. The lowest BCUT2D eigenvalue weighted by Gasteiger charge is -2.26. The lowest BCUT2D eigenvalue weighted by Crippen LogP contribution is -2.42. The fraction of sp³-hybridized carbons (Fsp3) is 0.300. The van der Waals surface area contributed by atoms with Crippen molar-refractivity contribution in [1.82, 2.24) is 15.2 Å². The molecule has 0 bridgehead atoms. The minimum absolute atomic E-state index is 0.00842. The Morgan fingerprint density at radius 2 is 1.48 bits per heavy atom. The van der Waals surface area contributed by atoms with Gasteiger partial charge in [0.2, 0.25) is 10.0 Å². The van der Waals surface area contributed by atoms with Crippen LogP contribution in [0.2, 0.25) is 0 Å². The van der Waals surface area contributed by atoms with E-state index in [0.717, 1.165) is 0 Å². The Balaban J connectivity index is 1.70. The van der Waals surface area contributed by atoms with Crippen LogP contribution in [0.15, 0.2) is 47.4 Å². The average molecular weight is 449 g/mol. The minimum Gasteiger partial charge on any atom is -0.497 e. The predicted molar refractivity (Wildman–Crippen MR) is 110 cm³/mol. The van der Waals surface area contributed by atoms with Gasteiger partial charge in [-0.15, -0.1) is 0 Å². The number of amides is 2. The summed E-state index contributed by atoms with van der Waals surface area (Å²) in [6.45, 7) is 1.14. The molecule has 1 aliphatic rings. The third-order valence-electron chi connectivity index (χ3n) is 4.61. The van der Waals surface area contributed by atoms with E-state index in [2.05, 4.69) is 10.9 Å². The number of sulfonamides is 1. The van der Waals surface area contributed by atoms with Crippen LogP contribution in [0.5, 0.6) is 11.5 Å². The summed E-state index contributed by atoms with van der Waals surface area (Å²) in [5, 5.41) is 0. The molecule has 2 amide bonds. The van der Waals surface area contributed by atoms with Crippen LogP contribution in [0.25, 0.3) is 0 Å². The Bertz CT molecular complexity index is 1040. The first-order chi connectivity index (χ1) is 14.8. The summed E-state index contributed by atoms with van der Waals surface area (Å²) < 4.78 is 42.3. The molecule has 1 fully saturated rings. The van der Waals surface area contributed by atoms with Gasteiger partial charge in [-0.25, -0.2) is 8.42 Å². The number of methoxy groups -OCH3 is 2. The Hall–Kier alpha value is -3.15. The maximum Gasteiger partial charge on any atom is 0.269 e. The summed E-state index contributed by atoms with van der Waals surface area (Å²) in [5.41, 5.74) is 4.87. The molecule has 0 atom stereocenters. The Labute approximate surface area is 180 Å². The highest BCUT2D eigenvalue weighted by Crippen LogP contribution is 2.22. The number of morpholine rings is 1. The van der Waals surface area contributed by atoms with E-state index < -0.39 is 21.8 Å². The number of carbonyl (C=O) groups excluding carboxylic acids is 2. The van der Waals surface area contributed by atoms with E-state index in [9.17, 15) is 18.0 Å². The van der Waals surface area contributed by atoms with Crippen molar-refractivity contribution in [1.29, 1.82) is 0 Å². The van der Waals surface area contributed by atoms with Crippen LogP contribution >= 0.6 is 0 Å². The molecule has 3 rings (SSSR count). The highest BCUT2D eigenvalue weighted by atomic mass is 32.2. The van der Waals surface area contributed by atoms with Gasteiger partial charge < -0.3 is 14.2 Å². The zero-order valence-electron chi connectivity index (χ0n) is 17.1. The standard InChI is InChI=1S/C20H23N3O7S/c1-28-16-10-15(11-17(13-16)29-2)20(25)22-21-19(24)14-4-3-5-18(12-14)31(26,27)23-6-8-30-9-7-23/h3-5,10-13H,6-9H2,1-2H3,(H,21,24)(H,22,25). The Morgan fingerprint density at radius 3 is 2.06 bits per heavy atom. The first kappa shape index (κ1) is 22.5. The van der Waals surface area contributed by atoms with Crippen molar-refractivity contribution in [3.63, 3.8) is 0 Å².